The minimum atomic E-state index is -1.06. The summed E-state index contributed by atoms with van der Waals surface area (Å²) < 4.78 is 9.61. The van der Waals surface area contributed by atoms with Crippen LogP contribution in [0.3, 0.4) is 0 Å². The Morgan fingerprint density at radius 2 is 1.05 bits per heavy atom. The first kappa shape index (κ1) is 17.2. The molecule has 1 aromatic rings. The first-order valence-electron chi connectivity index (χ1n) is 6.33. The van der Waals surface area contributed by atoms with Crippen molar-refractivity contribution < 1.29 is 28.7 Å². The predicted molar refractivity (Wildman–Crippen MR) is 74.6 cm³/mol. The van der Waals surface area contributed by atoms with E-state index in [0.717, 1.165) is 0 Å². The van der Waals surface area contributed by atoms with Gasteiger partial charge in [-0.3, -0.25) is 9.59 Å². The largest absolute Gasteiger partial charge is 0.449 e. The minimum Gasteiger partial charge on any atom is -0.449 e. The van der Waals surface area contributed by atoms with Crippen molar-refractivity contribution in [3.63, 3.8) is 0 Å². The normalized spacial score (nSPS) is 12.8. The molecule has 0 bridgehead atoms. The van der Waals surface area contributed by atoms with Gasteiger partial charge in [0.1, 0.15) is 0 Å². The van der Waals surface area contributed by atoms with Gasteiger partial charge in [0.2, 0.25) is 0 Å². The molecule has 0 spiro atoms. The second kappa shape index (κ2) is 7.21. The molecule has 0 saturated heterocycles. The van der Waals surface area contributed by atoms with Crippen LogP contribution in [0.4, 0.5) is 0 Å². The Balaban J connectivity index is 2.74. The van der Waals surface area contributed by atoms with E-state index >= 15 is 0 Å². The van der Waals surface area contributed by atoms with E-state index in [9.17, 15) is 19.2 Å². The standard InChI is InChI=1S/C14H16N2O6/c1-7(11(15)17)21-13(19)9-3-5-10(6-4-9)14(20)22-8(2)12(16)18/h3-8H,1-2H3,(H2,15,17)(H2,16,18)/t7-,8+. The van der Waals surface area contributed by atoms with Crippen LogP contribution in [0.5, 0.6) is 0 Å². The molecule has 118 valence electrons. The predicted octanol–water partition coefficient (Wildman–Crippen LogP) is -0.252. The van der Waals surface area contributed by atoms with Crippen LogP contribution in [-0.2, 0) is 19.1 Å². The average Bonchev–Trinajstić information content (AvgIpc) is 2.46. The molecule has 0 radical (unpaired) electrons. The molecule has 1 aromatic carbocycles. The van der Waals surface area contributed by atoms with Gasteiger partial charge in [0.25, 0.3) is 11.8 Å². The van der Waals surface area contributed by atoms with Gasteiger partial charge in [0, 0.05) is 0 Å². The lowest BCUT2D eigenvalue weighted by Gasteiger charge is -2.11. The molecule has 4 N–H and O–H groups in total. The van der Waals surface area contributed by atoms with Gasteiger partial charge in [-0.05, 0) is 38.1 Å². The van der Waals surface area contributed by atoms with Gasteiger partial charge < -0.3 is 20.9 Å². The van der Waals surface area contributed by atoms with Crippen molar-refractivity contribution in [1.82, 2.24) is 0 Å². The summed E-state index contributed by atoms with van der Waals surface area (Å²) in [4.78, 5) is 45.0. The molecular formula is C14H16N2O6. The quantitative estimate of drug-likeness (QED) is 0.694. The zero-order valence-electron chi connectivity index (χ0n) is 12.1. The fourth-order valence-corrected chi connectivity index (χ4v) is 1.32. The Bertz CT molecular complexity index is 543. The molecule has 0 saturated carbocycles. The summed E-state index contributed by atoms with van der Waals surface area (Å²) in [6.45, 7) is 2.69. The molecule has 2 amide bonds. The summed E-state index contributed by atoms with van der Waals surface area (Å²) in [7, 11) is 0. The van der Waals surface area contributed by atoms with E-state index in [4.69, 9.17) is 20.9 Å². The number of nitrogens with two attached hydrogens (primary N) is 2. The van der Waals surface area contributed by atoms with Gasteiger partial charge in [0.15, 0.2) is 12.2 Å². The van der Waals surface area contributed by atoms with Crippen LogP contribution in [-0.4, -0.2) is 36.0 Å². The van der Waals surface area contributed by atoms with Crippen molar-refractivity contribution in [3.05, 3.63) is 35.4 Å². The van der Waals surface area contributed by atoms with Gasteiger partial charge in [-0.15, -0.1) is 0 Å². The van der Waals surface area contributed by atoms with Gasteiger partial charge >= 0.3 is 11.9 Å². The van der Waals surface area contributed by atoms with Crippen molar-refractivity contribution in [2.24, 2.45) is 11.5 Å². The number of ether oxygens (including phenoxy) is 2. The zero-order valence-corrected chi connectivity index (χ0v) is 12.1. The van der Waals surface area contributed by atoms with E-state index < -0.39 is 36.0 Å². The van der Waals surface area contributed by atoms with Crippen molar-refractivity contribution in [1.29, 1.82) is 0 Å². The van der Waals surface area contributed by atoms with E-state index in [2.05, 4.69) is 0 Å². The highest BCUT2D eigenvalue weighted by molar-refractivity contribution is 5.95. The molecule has 0 aliphatic rings. The van der Waals surface area contributed by atoms with Crippen LogP contribution in [0.1, 0.15) is 34.6 Å². The van der Waals surface area contributed by atoms with Gasteiger partial charge in [0.05, 0.1) is 11.1 Å². The highest BCUT2D eigenvalue weighted by atomic mass is 16.6. The molecule has 1 rings (SSSR count). The zero-order chi connectivity index (χ0) is 16.9. The van der Waals surface area contributed by atoms with Crippen LogP contribution >= 0.6 is 0 Å². The van der Waals surface area contributed by atoms with Crippen LogP contribution in [0.25, 0.3) is 0 Å². The van der Waals surface area contributed by atoms with E-state index in [1.54, 1.807) is 0 Å². The lowest BCUT2D eigenvalue weighted by atomic mass is 10.1. The smallest absolute Gasteiger partial charge is 0.338 e. The maximum absolute atomic E-state index is 11.7. The summed E-state index contributed by atoms with van der Waals surface area (Å²) in [5.41, 5.74) is 10.2. The molecule has 0 fully saturated rings. The molecule has 2 atom stereocenters. The molecular weight excluding hydrogens is 292 g/mol. The first-order valence-corrected chi connectivity index (χ1v) is 6.33. The molecule has 0 heterocycles. The third-order valence-electron chi connectivity index (χ3n) is 2.73. The van der Waals surface area contributed by atoms with E-state index in [-0.39, 0.29) is 11.1 Å². The van der Waals surface area contributed by atoms with Crippen LogP contribution < -0.4 is 11.5 Å². The van der Waals surface area contributed by atoms with Crippen molar-refractivity contribution in [2.75, 3.05) is 0 Å². The molecule has 0 unspecified atom stereocenters. The fraction of sp³-hybridized carbons (Fsp3) is 0.286. The number of hydrogen-bond acceptors (Lipinski definition) is 6. The summed E-state index contributed by atoms with van der Waals surface area (Å²) in [5.74, 6) is -3.04. The molecule has 8 heteroatoms. The number of primary amides is 2. The van der Waals surface area contributed by atoms with Crippen molar-refractivity contribution >= 4 is 23.8 Å². The summed E-state index contributed by atoms with van der Waals surface area (Å²) in [5, 5.41) is 0. The Kier molecular flexibility index (Phi) is 5.62. The number of rotatable bonds is 6. The molecule has 0 aliphatic carbocycles. The second-order valence-corrected chi connectivity index (χ2v) is 4.48. The third-order valence-corrected chi connectivity index (χ3v) is 2.73. The highest BCUT2D eigenvalue weighted by Gasteiger charge is 2.18. The van der Waals surface area contributed by atoms with E-state index in [1.165, 1.54) is 38.1 Å². The monoisotopic (exact) mass is 308 g/mol. The Morgan fingerprint density at radius 1 is 0.773 bits per heavy atom. The first-order chi connectivity index (χ1) is 10.2. The second-order valence-electron chi connectivity index (χ2n) is 4.48. The Hall–Kier alpha value is -2.90. The van der Waals surface area contributed by atoms with Crippen LogP contribution in [0.15, 0.2) is 24.3 Å². The van der Waals surface area contributed by atoms with Gasteiger partial charge in [-0.25, -0.2) is 9.59 Å². The van der Waals surface area contributed by atoms with E-state index in [0.29, 0.717) is 0 Å². The fourth-order valence-electron chi connectivity index (χ4n) is 1.32. The number of esters is 2. The number of carbonyl (C=O) groups is 4. The molecule has 22 heavy (non-hydrogen) atoms. The maximum atomic E-state index is 11.7. The summed E-state index contributed by atoms with van der Waals surface area (Å²) in [6, 6.07) is 5.28. The number of benzene rings is 1. The lowest BCUT2D eigenvalue weighted by Crippen LogP contribution is -2.30. The average molecular weight is 308 g/mol. The van der Waals surface area contributed by atoms with Crippen LogP contribution in [0.2, 0.25) is 0 Å². The van der Waals surface area contributed by atoms with Gasteiger partial charge in [-0.1, -0.05) is 0 Å². The van der Waals surface area contributed by atoms with Crippen LogP contribution in [0, 0.1) is 0 Å². The number of carbonyl (C=O) groups excluding carboxylic acids is 4. The lowest BCUT2D eigenvalue weighted by molar-refractivity contribution is -0.126. The number of hydrogen-bond donors (Lipinski definition) is 2. The Labute approximate surface area is 126 Å². The van der Waals surface area contributed by atoms with Gasteiger partial charge in [-0.2, -0.15) is 0 Å². The molecule has 8 nitrogen and oxygen atoms in total. The minimum absolute atomic E-state index is 0.132. The highest BCUT2D eigenvalue weighted by Crippen LogP contribution is 2.09. The summed E-state index contributed by atoms with van der Waals surface area (Å²) >= 11 is 0. The van der Waals surface area contributed by atoms with Crippen molar-refractivity contribution in [2.45, 2.75) is 26.1 Å². The van der Waals surface area contributed by atoms with Crippen molar-refractivity contribution in [3.8, 4) is 0 Å². The SMILES string of the molecule is C[C@H](OC(=O)c1ccc(C(=O)O[C@H](C)C(N)=O)cc1)C(N)=O. The number of amides is 2. The maximum Gasteiger partial charge on any atom is 0.338 e. The Morgan fingerprint density at radius 3 is 1.27 bits per heavy atom. The molecule has 0 aliphatic heterocycles. The third kappa shape index (κ3) is 4.58. The summed E-state index contributed by atoms with van der Waals surface area (Å²) in [6.07, 6.45) is -2.12. The molecule has 0 aromatic heterocycles. The topological polar surface area (TPSA) is 139 Å². The van der Waals surface area contributed by atoms with E-state index in [1.807, 2.05) is 0 Å².